The molecule has 0 radical (unpaired) electrons. The maximum absolute atomic E-state index is 11.2. The third kappa shape index (κ3) is 2.40. The Bertz CT molecular complexity index is 715. The summed E-state index contributed by atoms with van der Waals surface area (Å²) in [5, 5.41) is 11.2. The summed E-state index contributed by atoms with van der Waals surface area (Å²) >= 11 is 0. The SMILES string of the molecule is Cc1ccc([N+](=O)[O-])c(N2CCc3c(N)cccc3C2)n1. The third-order valence-electron chi connectivity index (χ3n) is 3.79. The van der Waals surface area contributed by atoms with Crippen LogP contribution in [0.3, 0.4) is 0 Å². The maximum Gasteiger partial charge on any atom is 0.311 e. The average Bonchev–Trinajstić information content (AvgIpc) is 2.46. The molecule has 0 atom stereocenters. The van der Waals surface area contributed by atoms with E-state index >= 15 is 0 Å². The second kappa shape index (κ2) is 5.05. The van der Waals surface area contributed by atoms with E-state index < -0.39 is 0 Å². The largest absolute Gasteiger partial charge is 0.398 e. The van der Waals surface area contributed by atoms with Crippen molar-refractivity contribution in [1.82, 2.24) is 4.98 Å². The zero-order valence-electron chi connectivity index (χ0n) is 11.7. The van der Waals surface area contributed by atoms with E-state index in [2.05, 4.69) is 4.98 Å². The number of fused-ring (bicyclic) bond motifs is 1. The molecule has 1 aliphatic rings. The number of anilines is 2. The van der Waals surface area contributed by atoms with Gasteiger partial charge in [-0.05, 0) is 36.6 Å². The second-order valence-corrected chi connectivity index (χ2v) is 5.21. The molecule has 0 aliphatic carbocycles. The van der Waals surface area contributed by atoms with Crippen LogP contribution in [0.15, 0.2) is 30.3 Å². The highest BCUT2D eigenvalue weighted by atomic mass is 16.6. The smallest absolute Gasteiger partial charge is 0.311 e. The molecule has 0 saturated heterocycles. The quantitative estimate of drug-likeness (QED) is 0.520. The fourth-order valence-corrected chi connectivity index (χ4v) is 2.73. The molecule has 0 spiro atoms. The van der Waals surface area contributed by atoms with Crippen molar-refractivity contribution in [1.29, 1.82) is 0 Å². The molecule has 1 aliphatic heterocycles. The summed E-state index contributed by atoms with van der Waals surface area (Å²) < 4.78 is 0. The van der Waals surface area contributed by atoms with Gasteiger partial charge in [0.15, 0.2) is 0 Å². The minimum absolute atomic E-state index is 0.0490. The van der Waals surface area contributed by atoms with E-state index in [-0.39, 0.29) is 10.6 Å². The van der Waals surface area contributed by atoms with Crippen LogP contribution in [0.5, 0.6) is 0 Å². The number of benzene rings is 1. The van der Waals surface area contributed by atoms with Crippen molar-refractivity contribution in [2.45, 2.75) is 19.9 Å². The van der Waals surface area contributed by atoms with Gasteiger partial charge in [0.25, 0.3) is 0 Å². The molecule has 1 aromatic heterocycles. The molecule has 0 unspecified atom stereocenters. The van der Waals surface area contributed by atoms with Crippen molar-refractivity contribution in [3.63, 3.8) is 0 Å². The zero-order chi connectivity index (χ0) is 15.0. The van der Waals surface area contributed by atoms with Crippen LogP contribution in [0.2, 0.25) is 0 Å². The standard InChI is InChI=1S/C15H16N4O2/c1-10-5-6-14(19(20)21)15(17-10)18-8-7-12-11(9-18)3-2-4-13(12)16/h2-6H,7-9,16H2,1H3. The molecule has 3 rings (SSSR count). The average molecular weight is 284 g/mol. The Morgan fingerprint density at radius 1 is 1.33 bits per heavy atom. The number of rotatable bonds is 2. The first-order valence-electron chi connectivity index (χ1n) is 6.79. The molecule has 108 valence electrons. The Kier molecular flexibility index (Phi) is 3.21. The van der Waals surface area contributed by atoms with Gasteiger partial charge < -0.3 is 10.6 Å². The van der Waals surface area contributed by atoms with Crippen LogP contribution in [0.1, 0.15) is 16.8 Å². The molecule has 21 heavy (non-hydrogen) atoms. The lowest BCUT2D eigenvalue weighted by Gasteiger charge is -2.30. The van der Waals surface area contributed by atoms with Crippen LogP contribution in [0, 0.1) is 17.0 Å². The number of aromatic nitrogens is 1. The van der Waals surface area contributed by atoms with Gasteiger partial charge in [0.05, 0.1) is 4.92 Å². The van der Waals surface area contributed by atoms with Gasteiger partial charge in [0.2, 0.25) is 5.82 Å². The number of hydrogen-bond acceptors (Lipinski definition) is 5. The molecule has 0 saturated carbocycles. The van der Waals surface area contributed by atoms with Crippen molar-refractivity contribution in [2.24, 2.45) is 0 Å². The summed E-state index contributed by atoms with van der Waals surface area (Å²) in [6, 6.07) is 9.00. The molecule has 6 heteroatoms. The fraction of sp³-hybridized carbons (Fsp3) is 0.267. The van der Waals surface area contributed by atoms with E-state index in [1.807, 2.05) is 30.0 Å². The minimum Gasteiger partial charge on any atom is -0.398 e. The molecule has 2 aromatic rings. The normalized spacial score (nSPS) is 13.9. The number of aryl methyl sites for hydroxylation is 1. The monoisotopic (exact) mass is 284 g/mol. The predicted molar refractivity (Wildman–Crippen MR) is 81.2 cm³/mol. The Balaban J connectivity index is 2.00. The molecule has 0 amide bonds. The van der Waals surface area contributed by atoms with Gasteiger partial charge in [-0.2, -0.15) is 0 Å². The molecular weight excluding hydrogens is 268 g/mol. The first kappa shape index (κ1) is 13.4. The van der Waals surface area contributed by atoms with Crippen molar-refractivity contribution < 1.29 is 4.92 Å². The van der Waals surface area contributed by atoms with Gasteiger partial charge in [0.1, 0.15) is 0 Å². The fourth-order valence-electron chi connectivity index (χ4n) is 2.73. The summed E-state index contributed by atoms with van der Waals surface area (Å²) in [6.07, 6.45) is 0.773. The molecular formula is C15H16N4O2. The molecule has 0 bridgehead atoms. The number of hydrogen-bond donors (Lipinski definition) is 1. The number of nitrogens with two attached hydrogens (primary N) is 1. The van der Waals surface area contributed by atoms with E-state index in [0.717, 1.165) is 28.9 Å². The van der Waals surface area contributed by atoms with E-state index in [1.54, 1.807) is 6.07 Å². The maximum atomic E-state index is 11.2. The zero-order valence-corrected chi connectivity index (χ0v) is 11.7. The lowest BCUT2D eigenvalue weighted by Crippen LogP contribution is -2.32. The molecule has 6 nitrogen and oxygen atoms in total. The van der Waals surface area contributed by atoms with E-state index in [1.165, 1.54) is 6.07 Å². The van der Waals surface area contributed by atoms with Crippen molar-refractivity contribution in [3.8, 4) is 0 Å². The molecule has 1 aromatic carbocycles. The number of nitro groups is 1. The van der Waals surface area contributed by atoms with Crippen LogP contribution in [-0.4, -0.2) is 16.5 Å². The number of nitrogen functional groups attached to an aromatic ring is 1. The van der Waals surface area contributed by atoms with Crippen LogP contribution in [0.25, 0.3) is 0 Å². The Labute approximate surface area is 122 Å². The van der Waals surface area contributed by atoms with Crippen LogP contribution >= 0.6 is 0 Å². The van der Waals surface area contributed by atoms with Gasteiger partial charge in [-0.25, -0.2) is 4.98 Å². The van der Waals surface area contributed by atoms with Gasteiger partial charge in [-0.3, -0.25) is 10.1 Å². The Morgan fingerprint density at radius 2 is 2.14 bits per heavy atom. The second-order valence-electron chi connectivity index (χ2n) is 5.21. The lowest BCUT2D eigenvalue weighted by molar-refractivity contribution is -0.384. The third-order valence-corrected chi connectivity index (χ3v) is 3.79. The Morgan fingerprint density at radius 3 is 2.90 bits per heavy atom. The van der Waals surface area contributed by atoms with Crippen molar-refractivity contribution >= 4 is 17.2 Å². The highest BCUT2D eigenvalue weighted by Crippen LogP contribution is 2.32. The van der Waals surface area contributed by atoms with E-state index in [4.69, 9.17) is 5.73 Å². The van der Waals surface area contributed by atoms with Gasteiger partial charge in [-0.15, -0.1) is 0 Å². The van der Waals surface area contributed by atoms with Gasteiger partial charge in [-0.1, -0.05) is 12.1 Å². The first-order chi connectivity index (χ1) is 10.1. The van der Waals surface area contributed by atoms with Crippen LogP contribution < -0.4 is 10.6 Å². The molecule has 2 N–H and O–H groups in total. The topological polar surface area (TPSA) is 85.3 Å². The summed E-state index contributed by atoms with van der Waals surface area (Å²) in [7, 11) is 0. The summed E-state index contributed by atoms with van der Waals surface area (Å²) in [6.45, 7) is 3.11. The summed E-state index contributed by atoms with van der Waals surface area (Å²) in [5.74, 6) is 0.438. The highest BCUT2D eigenvalue weighted by molar-refractivity contribution is 5.61. The van der Waals surface area contributed by atoms with Gasteiger partial charge in [0, 0.05) is 30.5 Å². The molecule has 2 heterocycles. The molecule has 0 fully saturated rings. The van der Waals surface area contributed by atoms with E-state index in [0.29, 0.717) is 18.9 Å². The Hall–Kier alpha value is -2.63. The van der Waals surface area contributed by atoms with Gasteiger partial charge >= 0.3 is 5.69 Å². The van der Waals surface area contributed by atoms with E-state index in [9.17, 15) is 10.1 Å². The minimum atomic E-state index is -0.378. The first-order valence-corrected chi connectivity index (χ1v) is 6.79. The van der Waals surface area contributed by atoms with Crippen LogP contribution in [0.4, 0.5) is 17.2 Å². The van der Waals surface area contributed by atoms with Crippen LogP contribution in [-0.2, 0) is 13.0 Å². The summed E-state index contributed by atoms with van der Waals surface area (Å²) in [4.78, 5) is 17.1. The lowest BCUT2D eigenvalue weighted by atomic mass is 9.98. The van der Waals surface area contributed by atoms with Crippen molar-refractivity contribution in [3.05, 3.63) is 57.3 Å². The number of pyridine rings is 1. The number of nitrogens with zero attached hydrogens (tertiary/aromatic N) is 3. The predicted octanol–water partition coefficient (Wildman–Crippen LogP) is 2.44. The summed E-state index contributed by atoms with van der Waals surface area (Å²) in [5.41, 5.74) is 9.85. The van der Waals surface area contributed by atoms with Crippen molar-refractivity contribution in [2.75, 3.05) is 17.2 Å². The highest BCUT2D eigenvalue weighted by Gasteiger charge is 2.25.